The summed E-state index contributed by atoms with van der Waals surface area (Å²) in [7, 11) is 1.71. The van der Waals surface area contributed by atoms with Crippen LogP contribution in [0.15, 0.2) is 5.38 Å². The van der Waals surface area contributed by atoms with Crippen molar-refractivity contribution in [2.45, 2.75) is 51.3 Å². The smallest absolute Gasteiger partial charge is 0.119 e. The fourth-order valence-corrected chi connectivity index (χ4v) is 3.02. The largest absolute Gasteiger partial charge is 0.378 e. The Hall–Kier alpha value is -0.450. The first-order chi connectivity index (χ1) is 7.72. The second kappa shape index (κ2) is 5.25. The first kappa shape index (κ1) is 12.0. The summed E-state index contributed by atoms with van der Waals surface area (Å²) in [5.74, 6) is 0. The Balaban J connectivity index is 1.84. The van der Waals surface area contributed by atoms with Crippen molar-refractivity contribution in [3.05, 3.63) is 16.1 Å². The molecule has 0 atom stereocenters. The molecule has 1 fully saturated rings. The average Bonchev–Trinajstić information content (AvgIpc) is 2.86. The molecule has 0 radical (unpaired) electrons. The molecule has 1 aliphatic rings. The van der Waals surface area contributed by atoms with Crippen LogP contribution in [0, 0.1) is 0 Å². The van der Waals surface area contributed by atoms with E-state index < -0.39 is 0 Å². The van der Waals surface area contributed by atoms with Crippen molar-refractivity contribution in [2.75, 3.05) is 7.11 Å². The van der Waals surface area contributed by atoms with Crippen LogP contribution in [0.1, 0.15) is 43.3 Å². The van der Waals surface area contributed by atoms with Gasteiger partial charge in [-0.2, -0.15) is 0 Å². The van der Waals surface area contributed by atoms with Gasteiger partial charge in [0, 0.05) is 24.6 Å². The van der Waals surface area contributed by atoms with Crippen molar-refractivity contribution >= 4 is 11.3 Å². The maximum absolute atomic E-state index is 5.07. The molecule has 2 rings (SSSR count). The number of methoxy groups -OCH3 is 1. The lowest BCUT2D eigenvalue weighted by atomic mass is 10.0. The minimum atomic E-state index is 0.338. The molecule has 1 aromatic heterocycles. The summed E-state index contributed by atoms with van der Waals surface area (Å²) < 4.78 is 5.07. The molecular weight excluding hydrogens is 220 g/mol. The Bertz CT molecular complexity index is 332. The van der Waals surface area contributed by atoms with Gasteiger partial charge in [0.15, 0.2) is 0 Å². The second-order valence-corrected chi connectivity index (χ2v) is 5.73. The molecule has 0 unspecified atom stereocenters. The van der Waals surface area contributed by atoms with Gasteiger partial charge in [0.1, 0.15) is 5.01 Å². The van der Waals surface area contributed by atoms with Gasteiger partial charge in [-0.05, 0) is 19.8 Å². The van der Waals surface area contributed by atoms with Crippen LogP contribution in [-0.4, -0.2) is 17.6 Å². The van der Waals surface area contributed by atoms with Crippen LogP contribution in [0.2, 0.25) is 0 Å². The molecule has 0 aromatic carbocycles. The van der Waals surface area contributed by atoms with E-state index in [-0.39, 0.29) is 0 Å². The number of thiazole rings is 1. The van der Waals surface area contributed by atoms with Gasteiger partial charge in [0.05, 0.1) is 12.3 Å². The topological polar surface area (TPSA) is 34.1 Å². The Morgan fingerprint density at radius 2 is 2.25 bits per heavy atom. The summed E-state index contributed by atoms with van der Waals surface area (Å²) in [4.78, 5) is 4.52. The second-order valence-electron chi connectivity index (χ2n) is 4.79. The number of nitrogens with zero attached hydrogens (tertiary/aromatic N) is 1. The minimum absolute atomic E-state index is 0.338. The highest BCUT2D eigenvalue weighted by Crippen LogP contribution is 2.29. The van der Waals surface area contributed by atoms with Crippen LogP contribution in [0.4, 0.5) is 0 Å². The monoisotopic (exact) mass is 240 g/mol. The quantitative estimate of drug-likeness (QED) is 0.859. The van der Waals surface area contributed by atoms with Gasteiger partial charge in [-0.15, -0.1) is 11.3 Å². The number of hydrogen-bond acceptors (Lipinski definition) is 4. The average molecular weight is 240 g/mol. The lowest BCUT2D eigenvalue weighted by Gasteiger charge is -2.24. The molecule has 90 valence electrons. The SMILES string of the molecule is COCc1nc(CNC2(C)CCCC2)cs1. The Morgan fingerprint density at radius 1 is 1.50 bits per heavy atom. The molecule has 1 aromatic rings. The summed E-state index contributed by atoms with van der Waals surface area (Å²) in [5.41, 5.74) is 1.48. The van der Waals surface area contributed by atoms with E-state index in [1.165, 1.54) is 25.7 Å². The lowest BCUT2D eigenvalue weighted by molar-refractivity contribution is 0.184. The Labute approximate surface area is 101 Å². The highest BCUT2D eigenvalue weighted by atomic mass is 32.1. The Morgan fingerprint density at radius 3 is 2.94 bits per heavy atom. The number of hydrogen-bond donors (Lipinski definition) is 1. The summed E-state index contributed by atoms with van der Waals surface area (Å²) >= 11 is 1.68. The Kier molecular flexibility index (Phi) is 3.95. The molecule has 0 bridgehead atoms. The van der Waals surface area contributed by atoms with Gasteiger partial charge < -0.3 is 10.1 Å². The molecule has 1 N–H and O–H groups in total. The molecule has 0 spiro atoms. The van der Waals surface area contributed by atoms with Crippen molar-refractivity contribution in [3.63, 3.8) is 0 Å². The molecular formula is C12H20N2OS. The number of nitrogens with one attached hydrogen (secondary N) is 1. The molecule has 0 saturated heterocycles. The zero-order valence-electron chi connectivity index (χ0n) is 10.1. The zero-order chi connectivity index (χ0) is 11.4. The van der Waals surface area contributed by atoms with Crippen LogP contribution in [0.5, 0.6) is 0 Å². The zero-order valence-corrected chi connectivity index (χ0v) is 10.9. The van der Waals surface area contributed by atoms with Gasteiger partial charge in [0.25, 0.3) is 0 Å². The van der Waals surface area contributed by atoms with Crippen LogP contribution < -0.4 is 5.32 Å². The normalized spacial score (nSPS) is 19.1. The van der Waals surface area contributed by atoms with E-state index in [0.29, 0.717) is 12.1 Å². The van der Waals surface area contributed by atoms with Crippen molar-refractivity contribution in [2.24, 2.45) is 0 Å². The lowest BCUT2D eigenvalue weighted by Crippen LogP contribution is -2.38. The maximum Gasteiger partial charge on any atom is 0.119 e. The van der Waals surface area contributed by atoms with E-state index in [1.807, 2.05) is 0 Å². The van der Waals surface area contributed by atoms with Gasteiger partial charge in [0.2, 0.25) is 0 Å². The van der Waals surface area contributed by atoms with Gasteiger partial charge >= 0.3 is 0 Å². The third-order valence-corrected chi connectivity index (χ3v) is 4.14. The predicted octanol–water partition coefficient (Wildman–Crippen LogP) is 2.71. The van der Waals surface area contributed by atoms with E-state index in [9.17, 15) is 0 Å². The van der Waals surface area contributed by atoms with E-state index in [2.05, 4.69) is 22.6 Å². The van der Waals surface area contributed by atoms with Gasteiger partial charge in [-0.1, -0.05) is 12.8 Å². The van der Waals surface area contributed by atoms with E-state index >= 15 is 0 Å². The van der Waals surface area contributed by atoms with E-state index in [1.54, 1.807) is 18.4 Å². The van der Waals surface area contributed by atoms with Gasteiger partial charge in [-0.25, -0.2) is 4.98 Å². The van der Waals surface area contributed by atoms with Crippen molar-refractivity contribution in [3.8, 4) is 0 Å². The van der Waals surface area contributed by atoms with Crippen LogP contribution in [0.25, 0.3) is 0 Å². The minimum Gasteiger partial charge on any atom is -0.378 e. The molecule has 1 saturated carbocycles. The molecule has 4 heteroatoms. The maximum atomic E-state index is 5.07. The molecule has 3 nitrogen and oxygen atoms in total. The van der Waals surface area contributed by atoms with Crippen molar-refractivity contribution in [1.82, 2.24) is 10.3 Å². The first-order valence-electron chi connectivity index (χ1n) is 5.89. The third kappa shape index (κ3) is 3.03. The third-order valence-electron chi connectivity index (χ3n) is 3.27. The summed E-state index contributed by atoms with van der Waals surface area (Å²) in [5, 5.41) is 6.82. The number of rotatable bonds is 5. The molecule has 16 heavy (non-hydrogen) atoms. The van der Waals surface area contributed by atoms with Crippen molar-refractivity contribution in [1.29, 1.82) is 0 Å². The molecule has 1 heterocycles. The fraction of sp³-hybridized carbons (Fsp3) is 0.750. The van der Waals surface area contributed by atoms with E-state index in [0.717, 1.165) is 17.2 Å². The van der Waals surface area contributed by atoms with Crippen molar-refractivity contribution < 1.29 is 4.74 Å². The highest BCUT2D eigenvalue weighted by molar-refractivity contribution is 7.09. The summed E-state index contributed by atoms with van der Waals surface area (Å²) in [6.45, 7) is 3.83. The molecule has 1 aliphatic carbocycles. The molecule has 0 amide bonds. The van der Waals surface area contributed by atoms with Crippen LogP contribution >= 0.6 is 11.3 Å². The number of ether oxygens (including phenoxy) is 1. The summed E-state index contributed by atoms with van der Waals surface area (Å²) in [6.07, 6.45) is 5.30. The highest BCUT2D eigenvalue weighted by Gasteiger charge is 2.27. The fourth-order valence-electron chi connectivity index (χ4n) is 2.26. The van der Waals surface area contributed by atoms with Crippen LogP contribution in [-0.2, 0) is 17.9 Å². The standard InChI is InChI=1S/C12H20N2OS/c1-12(5-3-4-6-12)13-7-10-9-16-11(14-10)8-15-2/h9,13H,3-8H2,1-2H3. The summed E-state index contributed by atoms with van der Waals surface area (Å²) in [6, 6.07) is 0. The van der Waals surface area contributed by atoms with E-state index in [4.69, 9.17) is 4.74 Å². The first-order valence-corrected chi connectivity index (χ1v) is 6.77. The number of aromatic nitrogens is 1. The van der Waals surface area contributed by atoms with Crippen LogP contribution in [0.3, 0.4) is 0 Å². The molecule has 0 aliphatic heterocycles. The van der Waals surface area contributed by atoms with Gasteiger partial charge in [-0.3, -0.25) is 0 Å². The predicted molar refractivity (Wildman–Crippen MR) is 66.5 cm³/mol.